The molecule has 0 fully saturated rings. The molecular weight excluding hydrogens is 236 g/mol. The molecule has 0 saturated carbocycles. The number of carbonyl (C=O) groups excluding carboxylic acids is 1. The summed E-state index contributed by atoms with van der Waals surface area (Å²) in [5.41, 5.74) is 5.53. The third-order valence-corrected chi connectivity index (χ3v) is 2.95. The smallest absolute Gasteiger partial charge is 0.170 e. The first-order valence-corrected chi connectivity index (χ1v) is 6.07. The van der Waals surface area contributed by atoms with Crippen LogP contribution in [0.2, 0.25) is 0 Å². The van der Waals surface area contributed by atoms with Crippen LogP contribution in [0.15, 0.2) is 12.1 Å². The van der Waals surface area contributed by atoms with Gasteiger partial charge in [0.2, 0.25) is 0 Å². The van der Waals surface area contributed by atoms with E-state index in [9.17, 15) is 13.6 Å². The second-order valence-corrected chi connectivity index (χ2v) is 4.98. The molecule has 1 rings (SSSR count). The molecule has 0 saturated heterocycles. The Balaban J connectivity index is 3.06. The Hall–Kier alpha value is -1.29. The highest BCUT2D eigenvalue weighted by Crippen LogP contribution is 2.21. The summed E-state index contributed by atoms with van der Waals surface area (Å²) in [6.45, 7) is 5.52. The molecule has 0 bridgehead atoms. The number of ketones is 1. The maximum absolute atomic E-state index is 13.7. The van der Waals surface area contributed by atoms with E-state index in [0.29, 0.717) is 6.42 Å². The number of nitrogens with two attached hydrogens (primary N) is 1. The van der Waals surface area contributed by atoms with Crippen molar-refractivity contribution >= 4 is 5.78 Å². The molecule has 0 radical (unpaired) electrons. The van der Waals surface area contributed by atoms with Crippen LogP contribution in [-0.4, -0.2) is 12.3 Å². The van der Waals surface area contributed by atoms with Crippen molar-refractivity contribution in [2.45, 2.75) is 27.2 Å². The van der Waals surface area contributed by atoms with Gasteiger partial charge in [-0.05, 0) is 30.9 Å². The first-order chi connectivity index (χ1) is 8.38. The molecule has 0 amide bonds. The van der Waals surface area contributed by atoms with Crippen molar-refractivity contribution in [3.63, 3.8) is 0 Å². The molecule has 2 N–H and O–H groups in total. The minimum atomic E-state index is -1.07. The topological polar surface area (TPSA) is 43.1 Å². The fourth-order valence-corrected chi connectivity index (χ4v) is 1.94. The first kappa shape index (κ1) is 14.8. The summed E-state index contributed by atoms with van der Waals surface area (Å²) in [5.74, 6) is -2.62. The highest BCUT2D eigenvalue weighted by molar-refractivity contribution is 5.98. The molecule has 2 nitrogen and oxygen atoms in total. The van der Waals surface area contributed by atoms with Gasteiger partial charge in [0.25, 0.3) is 0 Å². The molecule has 0 aromatic heterocycles. The number of benzene rings is 1. The van der Waals surface area contributed by atoms with Crippen LogP contribution in [0.25, 0.3) is 0 Å². The molecule has 1 aromatic rings. The Morgan fingerprint density at radius 2 is 1.89 bits per heavy atom. The lowest BCUT2D eigenvalue weighted by Gasteiger charge is -2.16. The van der Waals surface area contributed by atoms with E-state index in [4.69, 9.17) is 5.73 Å². The van der Waals surface area contributed by atoms with Crippen molar-refractivity contribution in [2.24, 2.45) is 17.6 Å². The molecule has 1 atom stereocenters. The van der Waals surface area contributed by atoms with E-state index < -0.39 is 23.3 Å². The number of Topliss-reactive ketones (excluding diaryl/α,β-unsaturated/α-hetero) is 1. The quantitative estimate of drug-likeness (QED) is 0.822. The molecule has 1 aromatic carbocycles. The number of rotatable bonds is 5. The SMILES string of the molecule is Cc1ccc(C(=O)C(CN)CC(C)C)c(F)c1F. The van der Waals surface area contributed by atoms with Crippen molar-refractivity contribution in [2.75, 3.05) is 6.54 Å². The van der Waals surface area contributed by atoms with Crippen molar-refractivity contribution in [1.29, 1.82) is 0 Å². The molecule has 0 aliphatic heterocycles. The summed E-state index contributed by atoms with van der Waals surface area (Å²) in [4.78, 5) is 12.1. The number of halogens is 2. The second kappa shape index (κ2) is 6.05. The highest BCUT2D eigenvalue weighted by atomic mass is 19.2. The van der Waals surface area contributed by atoms with Crippen LogP contribution in [0.5, 0.6) is 0 Å². The Morgan fingerprint density at radius 3 is 2.39 bits per heavy atom. The van der Waals surface area contributed by atoms with E-state index in [2.05, 4.69) is 0 Å². The maximum Gasteiger partial charge on any atom is 0.170 e. The fourth-order valence-electron chi connectivity index (χ4n) is 1.94. The van der Waals surface area contributed by atoms with Crippen molar-refractivity contribution in [1.82, 2.24) is 0 Å². The van der Waals surface area contributed by atoms with Gasteiger partial charge in [0, 0.05) is 12.5 Å². The monoisotopic (exact) mass is 255 g/mol. The molecule has 0 aliphatic carbocycles. The summed E-state index contributed by atoms with van der Waals surface area (Å²) in [6, 6.07) is 2.74. The lowest BCUT2D eigenvalue weighted by Crippen LogP contribution is -2.26. The zero-order chi connectivity index (χ0) is 13.9. The maximum atomic E-state index is 13.7. The first-order valence-electron chi connectivity index (χ1n) is 6.07. The molecule has 0 aliphatic rings. The van der Waals surface area contributed by atoms with Crippen LogP contribution in [-0.2, 0) is 0 Å². The lowest BCUT2D eigenvalue weighted by atomic mass is 9.89. The lowest BCUT2D eigenvalue weighted by molar-refractivity contribution is 0.0903. The predicted octanol–water partition coefficient (Wildman–Crippen LogP) is 3.08. The van der Waals surface area contributed by atoms with E-state index in [-0.39, 0.29) is 23.6 Å². The van der Waals surface area contributed by atoms with E-state index in [1.54, 1.807) is 0 Å². The molecule has 4 heteroatoms. The number of aryl methyl sites for hydroxylation is 1. The molecular formula is C14H19F2NO. The van der Waals surface area contributed by atoms with Gasteiger partial charge in [0.15, 0.2) is 17.4 Å². The number of hydrogen-bond acceptors (Lipinski definition) is 2. The number of carbonyl (C=O) groups is 1. The Morgan fingerprint density at radius 1 is 1.28 bits per heavy atom. The molecule has 1 unspecified atom stereocenters. The van der Waals surface area contributed by atoms with Gasteiger partial charge in [0.05, 0.1) is 5.56 Å². The Kier molecular flexibility index (Phi) is 4.96. The average Bonchev–Trinajstić information content (AvgIpc) is 2.32. The Labute approximate surface area is 106 Å². The van der Waals surface area contributed by atoms with Crippen molar-refractivity contribution in [3.05, 3.63) is 34.9 Å². The minimum Gasteiger partial charge on any atom is -0.330 e. The third-order valence-electron chi connectivity index (χ3n) is 2.95. The summed E-state index contributed by atoms with van der Waals surface area (Å²) in [6.07, 6.45) is 0.574. The van der Waals surface area contributed by atoms with Gasteiger partial charge < -0.3 is 5.73 Å². The Bertz CT molecular complexity index is 444. The second-order valence-electron chi connectivity index (χ2n) is 4.98. The van der Waals surface area contributed by atoms with Gasteiger partial charge in [-0.2, -0.15) is 0 Å². The van der Waals surface area contributed by atoms with Crippen LogP contribution in [0, 0.1) is 30.4 Å². The van der Waals surface area contributed by atoms with Gasteiger partial charge in [0.1, 0.15) is 0 Å². The van der Waals surface area contributed by atoms with Crippen LogP contribution < -0.4 is 5.73 Å². The summed E-state index contributed by atoms with van der Waals surface area (Å²) in [7, 11) is 0. The minimum absolute atomic E-state index is 0.145. The van der Waals surface area contributed by atoms with E-state index in [0.717, 1.165) is 0 Å². The van der Waals surface area contributed by atoms with Gasteiger partial charge in [-0.3, -0.25) is 4.79 Å². The van der Waals surface area contributed by atoms with Crippen molar-refractivity contribution < 1.29 is 13.6 Å². The van der Waals surface area contributed by atoms with Gasteiger partial charge in [-0.25, -0.2) is 8.78 Å². The zero-order valence-corrected chi connectivity index (χ0v) is 11.0. The fraction of sp³-hybridized carbons (Fsp3) is 0.500. The van der Waals surface area contributed by atoms with Crippen molar-refractivity contribution in [3.8, 4) is 0 Å². The van der Waals surface area contributed by atoms with E-state index in [1.807, 2.05) is 13.8 Å². The summed E-state index contributed by atoms with van der Waals surface area (Å²) in [5, 5.41) is 0. The largest absolute Gasteiger partial charge is 0.330 e. The van der Waals surface area contributed by atoms with Crippen LogP contribution >= 0.6 is 0 Å². The van der Waals surface area contributed by atoms with Crippen LogP contribution in [0.1, 0.15) is 36.2 Å². The van der Waals surface area contributed by atoms with Crippen LogP contribution in [0.3, 0.4) is 0 Å². The zero-order valence-electron chi connectivity index (χ0n) is 11.0. The average molecular weight is 255 g/mol. The van der Waals surface area contributed by atoms with Crippen LogP contribution in [0.4, 0.5) is 8.78 Å². The molecule has 0 spiro atoms. The molecule has 100 valence electrons. The molecule has 18 heavy (non-hydrogen) atoms. The van der Waals surface area contributed by atoms with Gasteiger partial charge in [-0.15, -0.1) is 0 Å². The third kappa shape index (κ3) is 3.13. The standard InChI is InChI=1S/C14H19F2NO/c1-8(2)6-10(7-17)14(18)11-5-4-9(3)12(15)13(11)16/h4-5,8,10H,6-7,17H2,1-3H3. The van der Waals surface area contributed by atoms with E-state index in [1.165, 1.54) is 19.1 Å². The molecule has 0 heterocycles. The summed E-state index contributed by atoms with van der Waals surface area (Å²) < 4.78 is 27.1. The summed E-state index contributed by atoms with van der Waals surface area (Å²) >= 11 is 0. The van der Waals surface area contributed by atoms with E-state index >= 15 is 0 Å². The van der Waals surface area contributed by atoms with Gasteiger partial charge in [-0.1, -0.05) is 19.9 Å². The predicted molar refractivity (Wildman–Crippen MR) is 67.4 cm³/mol. The van der Waals surface area contributed by atoms with Gasteiger partial charge >= 0.3 is 0 Å². The highest BCUT2D eigenvalue weighted by Gasteiger charge is 2.24. The normalized spacial score (nSPS) is 12.8. The number of hydrogen-bond donors (Lipinski definition) is 1.